The lowest BCUT2D eigenvalue weighted by atomic mass is 9.83. The third-order valence-corrected chi connectivity index (χ3v) is 8.09. The summed E-state index contributed by atoms with van der Waals surface area (Å²) in [6, 6.07) is 45.3. The molecule has 2 aromatic heterocycles. The molecule has 0 atom stereocenters. The minimum absolute atomic E-state index is 0.0488. The average molecular weight is 541 g/mol. The molecule has 0 saturated carbocycles. The maximum absolute atomic E-state index is 8.39. The third-order valence-electron chi connectivity index (χ3n) is 8.09. The fourth-order valence-electron chi connectivity index (χ4n) is 6.34. The Kier molecular flexibility index (Phi) is 4.97. The second kappa shape index (κ2) is 9.83. The predicted octanol–water partition coefficient (Wildman–Crippen LogP) is 10.0. The number of hydrogen-bond acceptors (Lipinski definition) is 2. The molecule has 0 bridgehead atoms. The first-order valence-corrected chi connectivity index (χ1v) is 14.0. The van der Waals surface area contributed by atoms with E-state index >= 15 is 0 Å². The van der Waals surface area contributed by atoms with Crippen molar-refractivity contribution in [3.8, 4) is 39.1 Å². The molecule has 0 radical (unpaired) electrons. The molecular formula is C39H27N3. The maximum Gasteiger partial charge on any atom is 0.111 e. The summed E-state index contributed by atoms with van der Waals surface area (Å²) >= 11 is 0. The number of rotatable bonds is 4. The Morgan fingerprint density at radius 1 is 0.524 bits per heavy atom. The lowest BCUT2D eigenvalue weighted by Crippen LogP contribution is -2.00. The topological polar surface area (TPSA) is 30.7 Å². The molecule has 6 aromatic carbocycles. The van der Waals surface area contributed by atoms with Gasteiger partial charge in [0, 0.05) is 22.1 Å². The number of benzene rings is 6. The molecule has 3 nitrogen and oxygen atoms in total. The first kappa shape index (κ1) is 21.2. The molecule has 198 valence electrons. The Morgan fingerprint density at radius 3 is 1.71 bits per heavy atom. The standard InChI is InChI=1S/C39H27N3/c1-26-41-35-19-9-11-21-37(35)42(26)36-20-10-8-18-34(36)39-32-16-6-4-14-30(32)38(31-15-5-7-17-33(31)39)29-13-3-2-12-28(29)27-22-24-40-25-23-27/h2-25H,1H3/i1D3. The highest BCUT2D eigenvalue weighted by atomic mass is 15.1. The normalized spacial score (nSPS) is 12.8. The van der Waals surface area contributed by atoms with Gasteiger partial charge < -0.3 is 0 Å². The van der Waals surface area contributed by atoms with Crippen molar-refractivity contribution in [2.45, 2.75) is 6.85 Å². The van der Waals surface area contributed by atoms with Crippen molar-refractivity contribution in [3.63, 3.8) is 0 Å². The van der Waals surface area contributed by atoms with Crippen molar-refractivity contribution in [2.24, 2.45) is 0 Å². The minimum Gasteiger partial charge on any atom is -0.296 e. The molecule has 0 fully saturated rings. The zero-order chi connectivity index (χ0) is 30.5. The van der Waals surface area contributed by atoms with Crippen LogP contribution < -0.4 is 0 Å². The molecule has 0 unspecified atom stereocenters. The van der Waals surface area contributed by atoms with E-state index in [2.05, 4.69) is 88.8 Å². The van der Waals surface area contributed by atoms with E-state index in [4.69, 9.17) is 4.11 Å². The van der Waals surface area contributed by atoms with Crippen molar-refractivity contribution in [1.29, 1.82) is 0 Å². The Labute approximate surface area is 248 Å². The van der Waals surface area contributed by atoms with Gasteiger partial charge in [0.1, 0.15) is 5.82 Å². The van der Waals surface area contributed by atoms with Crippen LogP contribution in [0.1, 0.15) is 9.94 Å². The van der Waals surface area contributed by atoms with Crippen LogP contribution in [0, 0.1) is 6.85 Å². The van der Waals surface area contributed by atoms with E-state index in [0.717, 1.165) is 66.1 Å². The quantitative estimate of drug-likeness (QED) is 0.208. The Hall–Kier alpha value is -5.54. The molecule has 8 aromatic rings. The highest BCUT2D eigenvalue weighted by Gasteiger charge is 2.21. The van der Waals surface area contributed by atoms with Crippen molar-refractivity contribution in [3.05, 3.63) is 152 Å². The van der Waals surface area contributed by atoms with Gasteiger partial charge in [-0.25, -0.2) is 4.98 Å². The van der Waals surface area contributed by atoms with E-state index in [1.165, 1.54) is 0 Å². The molecule has 0 aliphatic carbocycles. The zero-order valence-corrected chi connectivity index (χ0v) is 22.7. The number of aromatic nitrogens is 3. The monoisotopic (exact) mass is 540 g/mol. The van der Waals surface area contributed by atoms with Gasteiger partial charge in [0.05, 0.1) is 16.7 Å². The van der Waals surface area contributed by atoms with E-state index in [1.54, 1.807) is 0 Å². The van der Waals surface area contributed by atoms with Crippen molar-refractivity contribution in [1.82, 2.24) is 14.5 Å². The van der Waals surface area contributed by atoms with E-state index < -0.39 is 6.85 Å². The molecule has 0 saturated heterocycles. The second-order valence-electron chi connectivity index (χ2n) is 10.4. The zero-order valence-electron chi connectivity index (χ0n) is 25.7. The SMILES string of the molecule is [2H]C([2H])([2H])c1nc2ccccc2n1-c1ccccc1-c1c2ccccc2c(-c2ccccc2-c2ccncc2)c2ccccc12. The average Bonchev–Trinajstić information content (AvgIpc) is 3.48. The first-order chi connectivity index (χ1) is 22.0. The number of fused-ring (bicyclic) bond motifs is 3. The van der Waals surface area contributed by atoms with Crippen LogP contribution >= 0.6 is 0 Å². The van der Waals surface area contributed by atoms with Gasteiger partial charge in [-0.15, -0.1) is 0 Å². The van der Waals surface area contributed by atoms with E-state index in [-0.39, 0.29) is 5.82 Å². The number of para-hydroxylation sites is 3. The van der Waals surface area contributed by atoms with Gasteiger partial charge in [-0.3, -0.25) is 9.55 Å². The van der Waals surface area contributed by atoms with Crippen molar-refractivity contribution >= 4 is 32.6 Å². The minimum atomic E-state index is -2.41. The summed E-state index contributed by atoms with van der Waals surface area (Å²) < 4.78 is 27.0. The van der Waals surface area contributed by atoms with Gasteiger partial charge in [-0.05, 0) is 86.5 Å². The first-order valence-electron chi connectivity index (χ1n) is 15.5. The highest BCUT2D eigenvalue weighted by Crippen LogP contribution is 2.47. The van der Waals surface area contributed by atoms with Gasteiger partial charge in [-0.2, -0.15) is 0 Å². The fraction of sp³-hybridized carbons (Fsp3) is 0.0256. The van der Waals surface area contributed by atoms with Crippen LogP contribution in [0.4, 0.5) is 0 Å². The van der Waals surface area contributed by atoms with Crippen molar-refractivity contribution in [2.75, 3.05) is 0 Å². The van der Waals surface area contributed by atoms with Crippen LogP contribution in [0.15, 0.2) is 146 Å². The third kappa shape index (κ3) is 3.75. The molecule has 42 heavy (non-hydrogen) atoms. The van der Waals surface area contributed by atoms with Crippen LogP contribution in [-0.4, -0.2) is 14.5 Å². The molecular weight excluding hydrogens is 510 g/mol. The van der Waals surface area contributed by atoms with Gasteiger partial charge in [-0.1, -0.05) is 103 Å². The van der Waals surface area contributed by atoms with Gasteiger partial charge in [0.15, 0.2) is 0 Å². The molecule has 0 spiro atoms. The maximum atomic E-state index is 8.39. The predicted molar refractivity (Wildman–Crippen MR) is 175 cm³/mol. The van der Waals surface area contributed by atoms with E-state index in [0.29, 0.717) is 5.52 Å². The Balaban J connectivity index is 1.49. The Morgan fingerprint density at radius 2 is 1.05 bits per heavy atom. The summed E-state index contributed by atoms with van der Waals surface area (Å²) in [5, 5.41) is 4.41. The lowest BCUT2D eigenvalue weighted by Gasteiger charge is -2.21. The summed E-state index contributed by atoms with van der Waals surface area (Å²) in [6.45, 7) is -2.41. The van der Waals surface area contributed by atoms with Crippen LogP contribution in [-0.2, 0) is 0 Å². The summed E-state index contributed by atoms with van der Waals surface area (Å²) in [4.78, 5) is 8.85. The number of aryl methyl sites for hydroxylation is 1. The number of nitrogens with zero attached hydrogens (tertiary/aromatic N) is 3. The molecule has 2 heterocycles. The molecule has 0 N–H and O–H groups in total. The summed E-state index contributed by atoms with van der Waals surface area (Å²) in [6.07, 6.45) is 3.66. The van der Waals surface area contributed by atoms with Crippen LogP contribution in [0.2, 0.25) is 0 Å². The number of hydrogen-bond donors (Lipinski definition) is 0. The van der Waals surface area contributed by atoms with E-state index in [9.17, 15) is 0 Å². The Bertz CT molecular complexity index is 2320. The summed E-state index contributed by atoms with van der Waals surface area (Å²) in [5.74, 6) is 0.0488. The van der Waals surface area contributed by atoms with Crippen LogP contribution in [0.25, 0.3) is 71.6 Å². The summed E-state index contributed by atoms with van der Waals surface area (Å²) in [5.41, 5.74) is 8.71. The molecule has 8 rings (SSSR count). The van der Waals surface area contributed by atoms with Gasteiger partial charge in [0.2, 0.25) is 0 Å². The molecule has 0 aliphatic rings. The van der Waals surface area contributed by atoms with Gasteiger partial charge >= 0.3 is 0 Å². The van der Waals surface area contributed by atoms with E-state index in [1.807, 2.05) is 71.6 Å². The molecule has 0 aliphatic heterocycles. The smallest absolute Gasteiger partial charge is 0.111 e. The van der Waals surface area contributed by atoms with Crippen molar-refractivity contribution < 1.29 is 4.11 Å². The lowest BCUT2D eigenvalue weighted by molar-refractivity contribution is 1.00. The summed E-state index contributed by atoms with van der Waals surface area (Å²) in [7, 11) is 0. The second-order valence-corrected chi connectivity index (χ2v) is 10.4. The number of pyridine rings is 1. The van der Waals surface area contributed by atoms with Crippen LogP contribution in [0.3, 0.4) is 0 Å². The number of imidazole rings is 1. The van der Waals surface area contributed by atoms with Crippen LogP contribution in [0.5, 0.6) is 0 Å². The highest BCUT2D eigenvalue weighted by molar-refractivity contribution is 6.23. The largest absolute Gasteiger partial charge is 0.296 e. The fourth-order valence-corrected chi connectivity index (χ4v) is 6.34. The molecule has 0 amide bonds. The van der Waals surface area contributed by atoms with Gasteiger partial charge in [0.25, 0.3) is 0 Å². The molecule has 3 heteroatoms.